The van der Waals surface area contributed by atoms with Gasteiger partial charge in [0.05, 0.1) is 5.02 Å². The first-order valence-corrected chi connectivity index (χ1v) is 7.22. The summed E-state index contributed by atoms with van der Waals surface area (Å²) in [6.07, 6.45) is 0. The Labute approximate surface area is 138 Å². The molecular weight excluding hydrogens is 318 g/mol. The predicted octanol–water partition coefficient (Wildman–Crippen LogP) is 3.11. The van der Waals surface area contributed by atoms with E-state index in [1.807, 2.05) is 0 Å². The average Bonchev–Trinajstić information content (AvgIpc) is 2.54. The zero-order valence-corrected chi connectivity index (χ0v) is 13.2. The number of amides is 3. The van der Waals surface area contributed by atoms with Gasteiger partial charge in [-0.3, -0.25) is 4.79 Å². The first kappa shape index (κ1) is 16.6. The van der Waals surface area contributed by atoms with Crippen LogP contribution in [-0.2, 0) is 4.79 Å². The second-order valence-corrected chi connectivity index (χ2v) is 4.96. The van der Waals surface area contributed by atoms with E-state index in [0.29, 0.717) is 22.1 Å². The third-order valence-electron chi connectivity index (χ3n) is 2.83. The van der Waals surface area contributed by atoms with Crippen LogP contribution >= 0.6 is 11.6 Å². The highest BCUT2D eigenvalue weighted by molar-refractivity contribution is 6.32. The van der Waals surface area contributed by atoms with Gasteiger partial charge in [0, 0.05) is 18.4 Å². The summed E-state index contributed by atoms with van der Waals surface area (Å²) in [5.74, 6) is 0.112. The van der Waals surface area contributed by atoms with Crippen molar-refractivity contribution in [2.24, 2.45) is 0 Å². The number of rotatable bonds is 5. The van der Waals surface area contributed by atoms with Gasteiger partial charge in [-0.25, -0.2) is 4.79 Å². The van der Waals surface area contributed by atoms with Crippen LogP contribution in [0.1, 0.15) is 0 Å². The fourth-order valence-corrected chi connectivity index (χ4v) is 1.96. The van der Waals surface area contributed by atoms with Crippen molar-refractivity contribution < 1.29 is 14.3 Å². The molecule has 0 unspecified atom stereocenters. The van der Waals surface area contributed by atoms with E-state index < -0.39 is 0 Å². The van der Waals surface area contributed by atoms with Gasteiger partial charge < -0.3 is 20.7 Å². The van der Waals surface area contributed by atoms with Crippen LogP contribution in [0.5, 0.6) is 5.75 Å². The highest BCUT2D eigenvalue weighted by Crippen LogP contribution is 2.23. The molecule has 6 nitrogen and oxygen atoms in total. The summed E-state index contributed by atoms with van der Waals surface area (Å²) in [7, 11) is 1.52. The average molecular weight is 334 g/mol. The van der Waals surface area contributed by atoms with Crippen molar-refractivity contribution in [3.05, 3.63) is 53.6 Å². The van der Waals surface area contributed by atoms with E-state index in [1.54, 1.807) is 48.5 Å². The molecule has 23 heavy (non-hydrogen) atoms. The van der Waals surface area contributed by atoms with Gasteiger partial charge in [0.25, 0.3) is 5.91 Å². The SMILES string of the molecule is CNC(=O)Nc1cccc(NC(=O)COc2ccccc2Cl)c1. The van der Waals surface area contributed by atoms with E-state index in [0.717, 1.165) is 0 Å². The first-order valence-electron chi connectivity index (χ1n) is 6.84. The number of urea groups is 1. The smallest absolute Gasteiger partial charge is 0.318 e. The lowest BCUT2D eigenvalue weighted by atomic mass is 10.2. The molecule has 0 saturated carbocycles. The Kier molecular flexibility index (Phi) is 5.82. The minimum absolute atomic E-state index is 0.170. The van der Waals surface area contributed by atoms with Crippen LogP contribution in [0.4, 0.5) is 16.2 Å². The second kappa shape index (κ2) is 8.05. The molecular formula is C16H16ClN3O3. The van der Waals surface area contributed by atoms with Gasteiger partial charge >= 0.3 is 6.03 Å². The quantitative estimate of drug-likeness (QED) is 0.786. The van der Waals surface area contributed by atoms with Crippen molar-refractivity contribution in [1.82, 2.24) is 5.32 Å². The highest BCUT2D eigenvalue weighted by Gasteiger charge is 2.07. The molecule has 0 spiro atoms. The number of benzene rings is 2. The van der Waals surface area contributed by atoms with Crippen molar-refractivity contribution in [3.63, 3.8) is 0 Å². The zero-order chi connectivity index (χ0) is 16.7. The van der Waals surface area contributed by atoms with Crippen LogP contribution in [0, 0.1) is 0 Å². The molecule has 0 radical (unpaired) electrons. The molecule has 0 atom stereocenters. The molecule has 0 bridgehead atoms. The first-order chi connectivity index (χ1) is 11.1. The summed E-state index contributed by atoms with van der Waals surface area (Å²) in [6.45, 7) is -0.170. The second-order valence-electron chi connectivity index (χ2n) is 4.55. The highest BCUT2D eigenvalue weighted by atomic mass is 35.5. The Morgan fingerprint density at radius 1 is 1.04 bits per heavy atom. The Hall–Kier alpha value is -2.73. The zero-order valence-electron chi connectivity index (χ0n) is 12.4. The number of hydrogen-bond acceptors (Lipinski definition) is 3. The molecule has 120 valence electrons. The molecule has 0 saturated heterocycles. The maximum absolute atomic E-state index is 11.9. The number of nitrogens with one attached hydrogen (secondary N) is 3. The molecule has 2 rings (SSSR count). The standard InChI is InChI=1S/C16H16ClN3O3/c1-18-16(22)20-12-6-4-5-11(9-12)19-15(21)10-23-14-8-3-2-7-13(14)17/h2-9H,10H2,1H3,(H,19,21)(H2,18,20,22). The van der Waals surface area contributed by atoms with Crippen molar-refractivity contribution in [3.8, 4) is 5.75 Å². The van der Waals surface area contributed by atoms with E-state index in [9.17, 15) is 9.59 Å². The summed E-state index contributed by atoms with van der Waals surface area (Å²) in [4.78, 5) is 23.2. The maximum Gasteiger partial charge on any atom is 0.318 e. The van der Waals surface area contributed by atoms with Gasteiger partial charge in [0.15, 0.2) is 6.61 Å². The van der Waals surface area contributed by atoms with Gasteiger partial charge in [0.1, 0.15) is 5.75 Å². The van der Waals surface area contributed by atoms with Gasteiger partial charge in [-0.1, -0.05) is 29.8 Å². The van der Waals surface area contributed by atoms with Crippen LogP contribution < -0.4 is 20.7 Å². The largest absolute Gasteiger partial charge is 0.482 e. The molecule has 0 fully saturated rings. The van der Waals surface area contributed by atoms with Crippen LogP contribution in [0.15, 0.2) is 48.5 Å². The van der Waals surface area contributed by atoms with Crippen molar-refractivity contribution in [2.45, 2.75) is 0 Å². The molecule has 7 heteroatoms. The number of ether oxygens (including phenoxy) is 1. The van der Waals surface area contributed by atoms with Crippen LogP contribution in [-0.4, -0.2) is 25.6 Å². The lowest BCUT2D eigenvalue weighted by Gasteiger charge is -2.10. The topological polar surface area (TPSA) is 79.5 Å². The molecule has 0 heterocycles. The fraction of sp³-hybridized carbons (Fsp3) is 0.125. The Balaban J connectivity index is 1.91. The van der Waals surface area contributed by atoms with Crippen molar-refractivity contribution in [2.75, 3.05) is 24.3 Å². The number of carbonyl (C=O) groups excluding carboxylic acids is 2. The lowest BCUT2D eigenvalue weighted by molar-refractivity contribution is -0.118. The summed E-state index contributed by atoms with van der Waals surface area (Å²) in [5, 5.41) is 8.19. The van der Waals surface area contributed by atoms with E-state index in [2.05, 4.69) is 16.0 Å². The van der Waals surface area contributed by atoms with E-state index in [4.69, 9.17) is 16.3 Å². The summed E-state index contributed by atoms with van der Waals surface area (Å²) in [5.41, 5.74) is 1.11. The fourth-order valence-electron chi connectivity index (χ4n) is 1.77. The number of hydrogen-bond donors (Lipinski definition) is 3. The number of carbonyl (C=O) groups is 2. The Bertz CT molecular complexity index is 706. The Morgan fingerprint density at radius 3 is 2.43 bits per heavy atom. The monoisotopic (exact) mass is 333 g/mol. The van der Waals surface area contributed by atoms with Crippen LogP contribution in [0.25, 0.3) is 0 Å². The minimum Gasteiger partial charge on any atom is -0.482 e. The third kappa shape index (κ3) is 5.19. The summed E-state index contributed by atoms with van der Waals surface area (Å²) < 4.78 is 5.36. The van der Waals surface area contributed by atoms with E-state index in [-0.39, 0.29) is 18.5 Å². The number of para-hydroxylation sites is 1. The molecule has 2 aromatic carbocycles. The summed E-state index contributed by atoms with van der Waals surface area (Å²) >= 11 is 5.95. The Morgan fingerprint density at radius 2 is 1.74 bits per heavy atom. The van der Waals surface area contributed by atoms with Crippen LogP contribution in [0.3, 0.4) is 0 Å². The lowest BCUT2D eigenvalue weighted by Crippen LogP contribution is -2.24. The van der Waals surface area contributed by atoms with E-state index in [1.165, 1.54) is 7.05 Å². The van der Waals surface area contributed by atoms with Crippen LogP contribution in [0.2, 0.25) is 5.02 Å². The predicted molar refractivity (Wildman–Crippen MR) is 90.1 cm³/mol. The summed E-state index contributed by atoms with van der Waals surface area (Å²) in [6, 6.07) is 13.4. The minimum atomic E-state index is -0.337. The molecule has 0 aliphatic carbocycles. The molecule has 3 N–H and O–H groups in total. The maximum atomic E-state index is 11.9. The molecule has 2 aromatic rings. The van der Waals surface area contributed by atoms with Gasteiger partial charge in [-0.15, -0.1) is 0 Å². The van der Waals surface area contributed by atoms with E-state index >= 15 is 0 Å². The van der Waals surface area contributed by atoms with Gasteiger partial charge in [-0.2, -0.15) is 0 Å². The molecule has 0 aliphatic rings. The normalized spacial score (nSPS) is 9.83. The molecule has 0 aliphatic heterocycles. The molecule has 3 amide bonds. The third-order valence-corrected chi connectivity index (χ3v) is 3.14. The van der Waals surface area contributed by atoms with Gasteiger partial charge in [0.2, 0.25) is 0 Å². The number of anilines is 2. The van der Waals surface area contributed by atoms with Crippen molar-refractivity contribution in [1.29, 1.82) is 0 Å². The van der Waals surface area contributed by atoms with Crippen molar-refractivity contribution >= 4 is 34.9 Å². The molecule has 0 aromatic heterocycles. The van der Waals surface area contributed by atoms with Gasteiger partial charge in [-0.05, 0) is 30.3 Å². The number of halogens is 1.